The highest BCUT2D eigenvalue weighted by Crippen LogP contribution is 2.09. The van der Waals surface area contributed by atoms with Gasteiger partial charge >= 0.3 is 5.97 Å². The lowest BCUT2D eigenvalue weighted by atomic mass is 10.1. The normalized spacial score (nSPS) is 14.0. The molecule has 1 aliphatic carbocycles. The number of allylic oxidation sites excluding steroid dienone is 5. The van der Waals surface area contributed by atoms with Gasteiger partial charge < -0.3 is 16.2 Å². The van der Waals surface area contributed by atoms with E-state index < -0.39 is 5.97 Å². The van der Waals surface area contributed by atoms with E-state index in [9.17, 15) is 4.79 Å². The summed E-state index contributed by atoms with van der Waals surface area (Å²) >= 11 is 4.75. The molecule has 0 aliphatic heterocycles. The van der Waals surface area contributed by atoms with Gasteiger partial charge in [-0.15, -0.1) is 0 Å². The molecular formula is C13H14N2O2S. The molecule has 0 aromatic heterocycles. The van der Waals surface area contributed by atoms with Gasteiger partial charge in [0.15, 0.2) is 5.11 Å². The van der Waals surface area contributed by atoms with Crippen molar-refractivity contribution in [2.24, 2.45) is 5.73 Å². The Morgan fingerprint density at radius 3 is 2.83 bits per heavy atom. The minimum absolute atomic E-state index is 0.107. The van der Waals surface area contributed by atoms with Gasteiger partial charge in [-0.05, 0) is 36.7 Å². The maximum atomic E-state index is 10.5. The number of hydrogen-bond acceptors (Lipinski definition) is 2. The van der Waals surface area contributed by atoms with Crippen LogP contribution in [0.1, 0.15) is 19.3 Å². The van der Waals surface area contributed by atoms with Crippen molar-refractivity contribution in [3.63, 3.8) is 0 Å². The van der Waals surface area contributed by atoms with Crippen LogP contribution >= 0.6 is 12.2 Å². The van der Waals surface area contributed by atoms with Gasteiger partial charge in [0.2, 0.25) is 0 Å². The Kier molecular flexibility index (Phi) is 5.68. The molecular weight excluding hydrogens is 248 g/mol. The number of thiocarbonyl (C=S) groups is 1. The van der Waals surface area contributed by atoms with E-state index in [0.29, 0.717) is 12.8 Å². The monoisotopic (exact) mass is 262 g/mol. The Bertz CT molecular complexity index is 505. The molecule has 0 heterocycles. The smallest absolute Gasteiger partial charge is 0.303 e. The lowest BCUT2D eigenvalue weighted by Crippen LogP contribution is -2.27. The van der Waals surface area contributed by atoms with Gasteiger partial charge in [-0.2, -0.15) is 0 Å². The van der Waals surface area contributed by atoms with Crippen molar-refractivity contribution in [3.05, 3.63) is 47.0 Å². The Labute approximate surface area is 111 Å². The SMILES string of the molecule is NC(=S)NC1=CCC=C(CCC(=O)O)C=C=C=C1. The maximum absolute atomic E-state index is 10.5. The number of aliphatic carboxylic acids is 1. The lowest BCUT2D eigenvalue weighted by Gasteiger charge is -2.02. The summed E-state index contributed by atoms with van der Waals surface area (Å²) in [4.78, 5) is 10.5. The van der Waals surface area contributed by atoms with Crippen molar-refractivity contribution >= 4 is 23.3 Å². The summed E-state index contributed by atoms with van der Waals surface area (Å²) in [6.45, 7) is 0. The third-order valence-corrected chi connectivity index (χ3v) is 2.28. The van der Waals surface area contributed by atoms with Crippen molar-refractivity contribution in [1.29, 1.82) is 0 Å². The van der Waals surface area contributed by atoms with Crippen LogP contribution in [0.4, 0.5) is 0 Å². The largest absolute Gasteiger partial charge is 0.481 e. The van der Waals surface area contributed by atoms with Crippen LogP contribution in [0.25, 0.3) is 0 Å². The molecule has 94 valence electrons. The van der Waals surface area contributed by atoms with Crippen LogP contribution in [-0.4, -0.2) is 16.2 Å². The van der Waals surface area contributed by atoms with E-state index in [4.69, 9.17) is 23.1 Å². The third-order valence-electron chi connectivity index (χ3n) is 2.18. The predicted molar refractivity (Wildman–Crippen MR) is 73.7 cm³/mol. The molecule has 0 fully saturated rings. The second-order valence-electron chi connectivity index (χ2n) is 3.63. The number of nitrogens with two attached hydrogens (primary N) is 1. The number of carbonyl (C=O) groups is 1. The number of nitrogens with one attached hydrogen (secondary N) is 1. The first-order valence-corrected chi connectivity index (χ1v) is 5.83. The summed E-state index contributed by atoms with van der Waals surface area (Å²) in [5.74, 6) is -0.810. The summed E-state index contributed by atoms with van der Waals surface area (Å²) in [7, 11) is 0. The Morgan fingerprint density at radius 2 is 2.17 bits per heavy atom. The molecule has 0 saturated carbocycles. The van der Waals surface area contributed by atoms with Crippen LogP contribution in [0.15, 0.2) is 47.0 Å². The molecule has 0 saturated heterocycles. The average molecular weight is 262 g/mol. The second-order valence-corrected chi connectivity index (χ2v) is 4.07. The van der Waals surface area contributed by atoms with Crippen LogP contribution in [0.2, 0.25) is 0 Å². The number of carboxylic acid groups (broad SMARTS) is 1. The van der Waals surface area contributed by atoms with Gasteiger partial charge in [0.1, 0.15) is 0 Å². The van der Waals surface area contributed by atoms with Crippen LogP contribution in [0.5, 0.6) is 0 Å². The Morgan fingerprint density at radius 1 is 1.44 bits per heavy atom. The van der Waals surface area contributed by atoms with Crippen LogP contribution in [0, 0.1) is 0 Å². The van der Waals surface area contributed by atoms with Crippen LogP contribution in [0.3, 0.4) is 0 Å². The minimum Gasteiger partial charge on any atom is -0.481 e. The van der Waals surface area contributed by atoms with Crippen molar-refractivity contribution < 1.29 is 9.90 Å². The predicted octanol–water partition coefficient (Wildman–Crippen LogP) is 1.76. The quantitative estimate of drug-likeness (QED) is 0.532. The molecule has 0 aromatic carbocycles. The lowest BCUT2D eigenvalue weighted by molar-refractivity contribution is -0.136. The first kappa shape index (κ1) is 14.0. The first-order valence-electron chi connectivity index (χ1n) is 5.43. The summed E-state index contributed by atoms with van der Waals surface area (Å²) in [5, 5.41) is 11.6. The minimum atomic E-state index is -0.810. The van der Waals surface area contributed by atoms with Crippen molar-refractivity contribution in [1.82, 2.24) is 5.32 Å². The van der Waals surface area contributed by atoms with Gasteiger partial charge in [-0.1, -0.05) is 23.6 Å². The van der Waals surface area contributed by atoms with E-state index in [-0.39, 0.29) is 11.5 Å². The molecule has 1 rings (SSSR count). The fraction of sp³-hybridized carbons (Fsp3) is 0.231. The van der Waals surface area contributed by atoms with Crippen molar-refractivity contribution in [3.8, 4) is 0 Å². The summed E-state index contributed by atoms with van der Waals surface area (Å²) in [5.41, 5.74) is 12.7. The highest BCUT2D eigenvalue weighted by atomic mass is 32.1. The molecule has 0 aromatic rings. The molecule has 18 heavy (non-hydrogen) atoms. The average Bonchev–Trinajstić information content (AvgIpc) is 2.38. The molecule has 0 amide bonds. The fourth-order valence-corrected chi connectivity index (χ4v) is 1.48. The summed E-state index contributed by atoms with van der Waals surface area (Å²) in [6.07, 6.45) is 8.51. The van der Waals surface area contributed by atoms with Gasteiger partial charge in [0, 0.05) is 18.2 Å². The summed E-state index contributed by atoms with van der Waals surface area (Å²) < 4.78 is 0. The van der Waals surface area contributed by atoms with Gasteiger partial charge in [0.05, 0.1) is 0 Å². The van der Waals surface area contributed by atoms with Crippen LogP contribution < -0.4 is 11.1 Å². The van der Waals surface area contributed by atoms with E-state index >= 15 is 0 Å². The molecule has 4 N–H and O–H groups in total. The Hall–Kier alpha value is -2.06. The van der Waals surface area contributed by atoms with Crippen LogP contribution in [-0.2, 0) is 4.79 Å². The molecule has 0 radical (unpaired) electrons. The number of rotatable bonds is 4. The Balaban J connectivity index is 2.78. The van der Waals surface area contributed by atoms with Crippen molar-refractivity contribution in [2.45, 2.75) is 19.3 Å². The second kappa shape index (κ2) is 7.30. The first-order chi connectivity index (χ1) is 8.58. The standard InChI is InChI=1S/C13H14N2O2S/c14-13(18)15-11-6-2-1-4-10(5-3-7-11)8-9-12(16)17/h4-7H,3,8-9H2,(H,16,17)(H3,14,15,18). The fourth-order valence-electron chi connectivity index (χ4n) is 1.36. The van der Waals surface area contributed by atoms with E-state index in [1.165, 1.54) is 0 Å². The van der Waals surface area contributed by atoms with E-state index in [2.05, 4.69) is 16.8 Å². The van der Waals surface area contributed by atoms with E-state index in [0.717, 1.165) is 11.3 Å². The summed E-state index contributed by atoms with van der Waals surface area (Å²) in [6, 6.07) is 0. The molecule has 0 atom stereocenters. The highest BCUT2D eigenvalue weighted by Gasteiger charge is 2.00. The molecule has 0 unspecified atom stereocenters. The van der Waals surface area contributed by atoms with Gasteiger partial charge in [-0.25, -0.2) is 0 Å². The molecule has 5 heteroatoms. The third kappa shape index (κ3) is 5.87. The topological polar surface area (TPSA) is 75.3 Å². The zero-order valence-corrected chi connectivity index (χ0v) is 10.6. The molecule has 4 nitrogen and oxygen atoms in total. The molecule has 1 aliphatic rings. The van der Waals surface area contributed by atoms with Gasteiger partial charge in [0.25, 0.3) is 0 Å². The zero-order valence-electron chi connectivity index (χ0n) is 9.77. The van der Waals surface area contributed by atoms with E-state index in [1.807, 2.05) is 12.2 Å². The zero-order chi connectivity index (χ0) is 13.4. The molecule has 0 spiro atoms. The number of carboxylic acids is 1. The van der Waals surface area contributed by atoms with E-state index in [1.54, 1.807) is 12.2 Å². The van der Waals surface area contributed by atoms with Gasteiger partial charge in [-0.3, -0.25) is 4.79 Å². The molecule has 0 bridgehead atoms. The number of hydrogen-bond donors (Lipinski definition) is 3. The highest BCUT2D eigenvalue weighted by molar-refractivity contribution is 7.80. The van der Waals surface area contributed by atoms with Crippen molar-refractivity contribution in [2.75, 3.05) is 0 Å². The maximum Gasteiger partial charge on any atom is 0.303 e.